The third kappa shape index (κ3) is 3.60. The minimum Gasteiger partial charge on any atom is -0.370 e. The number of aromatic nitrogens is 2. The summed E-state index contributed by atoms with van der Waals surface area (Å²) >= 11 is 7.45. The van der Waals surface area contributed by atoms with Crippen LogP contribution in [-0.2, 0) is 17.8 Å². The van der Waals surface area contributed by atoms with E-state index in [1.54, 1.807) is 16.7 Å². The first kappa shape index (κ1) is 17.6. The van der Waals surface area contributed by atoms with Gasteiger partial charge in [-0.05, 0) is 37.1 Å². The van der Waals surface area contributed by atoms with Gasteiger partial charge in [-0.2, -0.15) is 0 Å². The van der Waals surface area contributed by atoms with Crippen LogP contribution < -0.4 is 11.3 Å². The number of hydrogen-bond donors (Lipinski definition) is 1. The number of aryl methyl sites for hydroxylation is 2. The van der Waals surface area contributed by atoms with Gasteiger partial charge in [0.15, 0.2) is 0 Å². The Hall–Kier alpha value is -2.18. The van der Waals surface area contributed by atoms with Crippen molar-refractivity contribution in [1.82, 2.24) is 9.55 Å². The first-order valence-electron chi connectivity index (χ1n) is 7.89. The van der Waals surface area contributed by atoms with Gasteiger partial charge in [0, 0.05) is 29.3 Å². The van der Waals surface area contributed by atoms with E-state index in [-0.39, 0.29) is 18.5 Å². The van der Waals surface area contributed by atoms with Gasteiger partial charge in [0.25, 0.3) is 5.56 Å². The second-order valence-electron chi connectivity index (χ2n) is 5.97. The van der Waals surface area contributed by atoms with E-state index in [4.69, 9.17) is 22.3 Å². The van der Waals surface area contributed by atoms with E-state index in [1.165, 1.54) is 11.3 Å². The number of halogens is 1. The van der Waals surface area contributed by atoms with Crippen LogP contribution in [0.2, 0.25) is 5.02 Å². The summed E-state index contributed by atoms with van der Waals surface area (Å²) in [6, 6.07) is 7.42. The maximum absolute atomic E-state index is 13.0. The van der Waals surface area contributed by atoms with Gasteiger partial charge >= 0.3 is 0 Å². The Labute approximate surface area is 154 Å². The van der Waals surface area contributed by atoms with E-state index < -0.39 is 5.91 Å². The molecule has 0 atom stereocenters. The third-order valence-corrected chi connectivity index (χ3v) is 5.58. The van der Waals surface area contributed by atoms with Crippen molar-refractivity contribution in [3.05, 3.63) is 61.5 Å². The quantitative estimate of drug-likeness (QED) is 0.743. The van der Waals surface area contributed by atoms with Crippen molar-refractivity contribution < 1.29 is 4.79 Å². The average Bonchev–Trinajstić information content (AvgIpc) is 2.83. The van der Waals surface area contributed by atoms with Gasteiger partial charge in [0.2, 0.25) is 5.91 Å². The van der Waals surface area contributed by atoms with E-state index in [9.17, 15) is 9.59 Å². The molecule has 3 aromatic rings. The minimum absolute atomic E-state index is 0.100. The molecule has 0 saturated carbocycles. The molecule has 130 valence electrons. The fourth-order valence-corrected chi connectivity index (χ4v) is 3.91. The van der Waals surface area contributed by atoms with Crippen molar-refractivity contribution in [2.45, 2.75) is 33.2 Å². The zero-order valence-corrected chi connectivity index (χ0v) is 15.6. The number of nitrogens with two attached hydrogens (primary N) is 1. The highest BCUT2D eigenvalue weighted by Crippen LogP contribution is 2.26. The van der Waals surface area contributed by atoms with Crippen LogP contribution in [0.5, 0.6) is 0 Å². The predicted molar refractivity (Wildman–Crippen MR) is 101 cm³/mol. The Bertz CT molecular complexity index is 1010. The van der Waals surface area contributed by atoms with Crippen molar-refractivity contribution in [2.24, 2.45) is 5.73 Å². The summed E-state index contributed by atoms with van der Waals surface area (Å²) in [5, 5.41) is 1.29. The van der Waals surface area contributed by atoms with Gasteiger partial charge in [0.1, 0.15) is 10.7 Å². The Morgan fingerprint density at radius 3 is 2.60 bits per heavy atom. The Morgan fingerprint density at radius 1 is 1.28 bits per heavy atom. The maximum Gasteiger partial charge on any atom is 0.262 e. The number of thiophene rings is 1. The van der Waals surface area contributed by atoms with Crippen molar-refractivity contribution in [2.75, 3.05) is 0 Å². The summed E-state index contributed by atoms with van der Waals surface area (Å²) in [7, 11) is 0. The number of primary amides is 1. The lowest BCUT2D eigenvalue weighted by molar-refractivity contribution is -0.118. The summed E-state index contributed by atoms with van der Waals surface area (Å²) in [5.41, 5.74) is 7.10. The smallest absolute Gasteiger partial charge is 0.262 e. The lowest BCUT2D eigenvalue weighted by Crippen LogP contribution is -2.27. The predicted octanol–water partition coefficient (Wildman–Crippen LogP) is 3.19. The standard InChI is InChI=1S/C18H18ClN3O2S/c1-10-11(2)25-17-16(10)18(24)22(8-7-14(20)23)15(21-17)9-12-3-5-13(19)6-4-12/h3-6H,7-9H2,1-2H3,(H2,20,23). The molecule has 2 aromatic heterocycles. The third-order valence-electron chi connectivity index (χ3n) is 4.23. The first-order valence-corrected chi connectivity index (χ1v) is 9.08. The molecule has 0 unspecified atom stereocenters. The highest BCUT2D eigenvalue weighted by molar-refractivity contribution is 7.18. The molecular weight excluding hydrogens is 358 g/mol. The van der Waals surface area contributed by atoms with E-state index in [0.29, 0.717) is 22.7 Å². The van der Waals surface area contributed by atoms with Gasteiger partial charge < -0.3 is 5.73 Å². The number of fused-ring (bicyclic) bond motifs is 1. The maximum atomic E-state index is 13.0. The van der Waals surface area contributed by atoms with Crippen molar-refractivity contribution in [3.63, 3.8) is 0 Å². The van der Waals surface area contributed by atoms with Crippen LogP contribution in [0.3, 0.4) is 0 Å². The highest BCUT2D eigenvalue weighted by Gasteiger charge is 2.17. The average molecular weight is 376 g/mol. The molecule has 1 amide bonds. The van der Waals surface area contributed by atoms with Gasteiger partial charge in [-0.3, -0.25) is 14.2 Å². The molecule has 0 bridgehead atoms. The number of rotatable bonds is 5. The van der Waals surface area contributed by atoms with Crippen LogP contribution >= 0.6 is 22.9 Å². The molecule has 0 aliphatic heterocycles. The summed E-state index contributed by atoms with van der Waals surface area (Å²) in [5.74, 6) is 0.185. The molecule has 0 radical (unpaired) electrons. The fourth-order valence-electron chi connectivity index (χ4n) is 2.74. The molecule has 2 N–H and O–H groups in total. The molecular formula is C18H18ClN3O2S. The first-order chi connectivity index (χ1) is 11.9. The monoisotopic (exact) mass is 375 g/mol. The molecule has 25 heavy (non-hydrogen) atoms. The molecule has 5 nitrogen and oxygen atoms in total. The van der Waals surface area contributed by atoms with E-state index in [1.807, 2.05) is 26.0 Å². The number of carbonyl (C=O) groups is 1. The summed E-state index contributed by atoms with van der Waals surface area (Å²) in [6.45, 7) is 4.14. The Balaban J connectivity index is 2.13. The molecule has 0 aliphatic carbocycles. The minimum atomic E-state index is -0.442. The van der Waals surface area contributed by atoms with E-state index in [2.05, 4.69) is 0 Å². The molecule has 3 rings (SSSR count). The van der Waals surface area contributed by atoms with Crippen molar-refractivity contribution in [1.29, 1.82) is 0 Å². The van der Waals surface area contributed by atoms with Crippen LogP contribution in [0.4, 0.5) is 0 Å². The molecule has 0 spiro atoms. The van der Waals surface area contributed by atoms with Gasteiger partial charge in [-0.25, -0.2) is 4.98 Å². The zero-order valence-electron chi connectivity index (χ0n) is 14.0. The van der Waals surface area contributed by atoms with Crippen LogP contribution in [0, 0.1) is 13.8 Å². The molecule has 1 aromatic carbocycles. The lowest BCUT2D eigenvalue weighted by atomic mass is 10.1. The van der Waals surface area contributed by atoms with Gasteiger partial charge in [-0.1, -0.05) is 23.7 Å². The Kier molecular flexibility index (Phi) is 4.92. The highest BCUT2D eigenvalue weighted by atomic mass is 35.5. The Morgan fingerprint density at radius 2 is 1.96 bits per heavy atom. The van der Waals surface area contributed by atoms with Gasteiger partial charge in [-0.15, -0.1) is 11.3 Å². The number of carbonyl (C=O) groups excluding carboxylic acids is 1. The van der Waals surface area contributed by atoms with Crippen LogP contribution in [0.15, 0.2) is 29.1 Å². The molecule has 0 fully saturated rings. The zero-order chi connectivity index (χ0) is 18.1. The number of nitrogens with zero attached hydrogens (tertiary/aromatic N) is 2. The van der Waals surface area contributed by atoms with Crippen molar-refractivity contribution >= 4 is 39.1 Å². The molecule has 2 heterocycles. The molecule has 0 aliphatic rings. The molecule has 7 heteroatoms. The van der Waals surface area contributed by atoms with Gasteiger partial charge in [0.05, 0.1) is 5.39 Å². The van der Waals surface area contributed by atoms with E-state index in [0.717, 1.165) is 20.8 Å². The number of hydrogen-bond acceptors (Lipinski definition) is 4. The van der Waals surface area contributed by atoms with Crippen LogP contribution in [0.25, 0.3) is 10.2 Å². The summed E-state index contributed by atoms with van der Waals surface area (Å²) in [6.07, 6.45) is 0.583. The normalized spacial score (nSPS) is 11.2. The topological polar surface area (TPSA) is 78.0 Å². The SMILES string of the molecule is Cc1sc2nc(Cc3ccc(Cl)cc3)n(CCC(N)=O)c(=O)c2c1C. The van der Waals surface area contributed by atoms with Crippen molar-refractivity contribution in [3.8, 4) is 0 Å². The van der Waals surface area contributed by atoms with Crippen LogP contribution in [0.1, 0.15) is 28.2 Å². The van der Waals surface area contributed by atoms with Crippen LogP contribution in [-0.4, -0.2) is 15.5 Å². The fraction of sp³-hybridized carbons (Fsp3) is 0.278. The second-order valence-corrected chi connectivity index (χ2v) is 7.61. The molecule has 0 saturated heterocycles. The number of benzene rings is 1. The number of amides is 1. The van der Waals surface area contributed by atoms with E-state index >= 15 is 0 Å². The second kappa shape index (κ2) is 6.98. The lowest BCUT2D eigenvalue weighted by Gasteiger charge is -2.12. The largest absolute Gasteiger partial charge is 0.370 e. The summed E-state index contributed by atoms with van der Waals surface area (Å²) in [4.78, 5) is 30.7. The summed E-state index contributed by atoms with van der Waals surface area (Å²) < 4.78 is 1.57.